The van der Waals surface area contributed by atoms with Gasteiger partial charge in [-0.2, -0.15) is 0 Å². The number of carbonyl (C=O) groups is 1. The van der Waals surface area contributed by atoms with Crippen LogP contribution in [0.4, 0.5) is 0 Å². The molecule has 1 amide bonds. The molecule has 0 bridgehead atoms. The lowest BCUT2D eigenvalue weighted by Gasteiger charge is -2.34. The van der Waals surface area contributed by atoms with Crippen LogP contribution in [0.1, 0.15) is 18.7 Å². The van der Waals surface area contributed by atoms with Crippen molar-refractivity contribution in [3.8, 4) is 11.5 Å². The summed E-state index contributed by atoms with van der Waals surface area (Å²) in [4.78, 5) is 17.6. The van der Waals surface area contributed by atoms with Crippen LogP contribution in [0.15, 0.2) is 52.6 Å². The monoisotopic (exact) mass is 382 g/mol. The summed E-state index contributed by atoms with van der Waals surface area (Å²) in [5.41, 5.74) is 1.22. The fraction of sp³-hybridized carbons (Fsp3) is 0.211. The van der Waals surface area contributed by atoms with Crippen molar-refractivity contribution in [2.75, 3.05) is 12.9 Å². The number of phenolic OH excluding ortho intramolecular Hbond substituents is 1. The third kappa shape index (κ3) is 3.02. The Labute approximate surface area is 160 Å². The number of hydrogen-bond donors (Lipinski definition) is 2. The number of ether oxygens (including phenoxy) is 1. The van der Waals surface area contributed by atoms with E-state index in [1.54, 1.807) is 23.2 Å². The Morgan fingerprint density at radius 3 is 2.89 bits per heavy atom. The summed E-state index contributed by atoms with van der Waals surface area (Å²) in [6.45, 7) is 2.00. The third-order valence-corrected chi connectivity index (χ3v) is 5.04. The van der Waals surface area contributed by atoms with Crippen LogP contribution in [0.25, 0.3) is 5.70 Å². The standard InChI is InChI=1S/C19H18N4O3S/c1-3-27-19-21-18(25)16-12-6-4-5-7-13(12)20-17(23(16)22-19)11-8-9-14(24)15(10-11)26-2/h4-10,17,24H,3H2,1-2H3,(H,21,22,25). The van der Waals surface area contributed by atoms with Crippen LogP contribution < -0.4 is 20.6 Å². The molecule has 2 aliphatic rings. The highest BCUT2D eigenvalue weighted by atomic mass is 32.2. The normalized spacial score (nSPS) is 18.1. The van der Waals surface area contributed by atoms with Gasteiger partial charge in [-0.05, 0) is 24.0 Å². The molecular formula is C19H18N4O3S. The summed E-state index contributed by atoms with van der Waals surface area (Å²) < 4.78 is 5.23. The zero-order valence-electron chi connectivity index (χ0n) is 14.8. The minimum Gasteiger partial charge on any atom is -0.504 e. The molecule has 0 fully saturated rings. The van der Waals surface area contributed by atoms with Crippen molar-refractivity contribution in [1.82, 2.24) is 10.3 Å². The largest absolute Gasteiger partial charge is 0.504 e. The summed E-state index contributed by atoms with van der Waals surface area (Å²) >= 11 is 1.46. The Morgan fingerprint density at radius 1 is 1.30 bits per heavy atom. The second-order valence-electron chi connectivity index (χ2n) is 5.94. The maximum absolute atomic E-state index is 12.8. The molecule has 2 aromatic rings. The lowest BCUT2D eigenvalue weighted by molar-refractivity contribution is -0.116. The fourth-order valence-corrected chi connectivity index (χ4v) is 3.69. The number of aromatic hydroxyl groups is 1. The van der Waals surface area contributed by atoms with Gasteiger partial charge in [0.1, 0.15) is 5.70 Å². The highest BCUT2D eigenvalue weighted by molar-refractivity contribution is 8.13. The zero-order valence-corrected chi connectivity index (χ0v) is 15.7. The minimum atomic E-state index is -0.539. The summed E-state index contributed by atoms with van der Waals surface area (Å²) in [6.07, 6.45) is -0.539. The Kier molecular flexibility index (Phi) is 4.49. The van der Waals surface area contributed by atoms with Crippen molar-refractivity contribution in [1.29, 1.82) is 0 Å². The van der Waals surface area contributed by atoms with Crippen molar-refractivity contribution >= 4 is 28.5 Å². The first-order valence-electron chi connectivity index (χ1n) is 8.48. The molecule has 2 N–H and O–H groups in total. The molecule has 0 aromatic heterocycles. The molecule has 2 aromatic carbocycles. The van der Waals surface area contributed by atoms with Crippen LogP contribution in [0, 0.1) is 0 Å². The van der Waals surface area contributed by atoms with E-state index in [4.69, 9.17) is 9.73 Å². The number of benzene rings is 2. The average molecular weight is 382 g/mol. The van der Waals surface area contributed by atoms with Gasteiger partial charge in [-0.3, -0.25) is 15.1 Å². The van der Waals surface area contributed by atoms with E-state index in [-0.39, 0.29) is 11.7 Å². The Balaban J connectivity index is 1.93. The van der Waals surface area contributed by atoms with Crippen molar-refractivity contribution in [2.24, 2.45) is 10.1 Å². The van der Waals surface area contributed by atoms with E-state index < -0.39 is 6.17 Å². The third-order valence-electron chi connectivity index (χ3n) is 4.30. The van der Waals surface area contributed by atoms with E-state index >= 15 is 0 Å². The van der Waals surface area contributed by atoms with Crippen molar-refractivity contribution in [3.05, 3.63) is 58.6 Å². The van der Waals surface area contributed by atoms with Crippen LogP contribution >= 0.6 is 11.8 Å². The first-order chi connectivity index (χ1) is 13.1. The molecule has 0 spiro atoms. The number of fused-ring (bicyclic) bond motifs is 2. The smallest absolute Gasteiger partial charge is 0.276 e. The molecule has 0 aliphatic carbocycles. The number of rotatable bonds is 3. The van der Waals surface area contributed by atoms with Gasteiger partial charge >= 0.3 is 0 Å². The predicted octanol–water partition coefficient (Wildman–Crippen LogP) is 1.30. The van der Waals surface area contributed by atoms with Crippen LogP contribution in [-0.4, -0.2) is 34.1 Å². The number of hydrogen-bond acceptors (Lipinski definition) is 7. The van der Waals surface area contributed by atoms with Gasteiger partial charge in [-0.25, -0.2) is 5.01 Å². The van der Waals surface area contributed by atoms with Gasteiger partial charge in [-0.1, -0.05) is 43.0 Å². The highest BCUT2D eigenvalue weighted by Crippen LogP contribution is 2.35. The second kappa shape index (κ2) is 6.96. The molecule has 0 radical (unpaired) electrons. The van der Waals surface area contributed by atoms with Gasteiger partial charge in [0, 0.05) is 10.8 Å². The number of nitrogens with zero attached hydrogens (tertiary/aromatic N) is 3. The molecule has 27 heavy (non-hydrogen) atoms. The molecule has 0 saturated carbocycles. The van der Waals surface area contributed by atoms with E-state index in [2.05, 4.69) is 10.4 Å². The SMILES string of the molecule is CCSC1=NN2C(=c3ccccc3=NC2c2ccc(O)c(OC)c2)C(=O)N1. The van der Waals surface area contributed by atoms with Gasteiger partial charge in [0.2, 0.25) is 0 Å². The molecule has 1 unspecified atom stereocenters. The highest BCUT2D eigenvalue weighted by Gasteiger charge is 2.34. The second-order valence-corrected chi connectivity index (χ2v) is 7.19. The molecule has 7 nitrogen and oxygen atoms in total. The van der Waals surface area contributed by atoms with Gasteiger partial charge in [0.15, 0.2) is 22.8 Å². The lowest BCUT2D eigenvalue weighted by atomic mass is 10.1. The number of nitrogens with one attached hydrogen (secondary N) is 1. The van der Waals surface area contributed by atoms with Crippen molar-refractivity contribution < 1.29 is 14.6 Å². The number of amidine groups is 1. The number of methoxy groups -OCH3 is 1. The van der Waals surface area contributed by atoms with Crippen LogP contribution in [0.2, 0.25) is 0 Å². The maximum atomic E-state index is 12.8. The summed E-state index contributed by atoms with van der Waals surface area (Å²) in [5, 5.41) is 21.0. The fourth-order valence-electron chi connectivity index (χ4n) is 3.10. The van der Waals surface area contributed by atoms with E-state index in [1.807, 2.05) is 31.2 Å². The molecule has 1 atom stereocenters. The van der Waals surface area contributed by atoms with E-state index in [9.17, 15) is 9.90 Å². The topological polar surface area (TPSA) is 86.5 Å². The van der Waals surface area contributed by atoms with Gasteiger partial charge < -0.3 is 9.84 Å². The summed E-state index contributed by atoms with van der Waals surface area (Å²) in [6, 6.07) is 12.5. The zero-order chi connectivity index (χ0) is 19.0. The number of para-hydroxylation sites is 1. The van der Waals surface area contributed by atoms with Crippen LogP contribution in [0.5, 0.6) is 11.5 Å². The van der Waals surface area contributed by atoms with Crippen LogP contribution in [-0.2, 0) is 4.79 Å². The number of thioether (sulfide) groups is 1. The first kappa shape index (κ1) is 17.4. The summed E-state index contributed by atoms with van der Waals surface area (Å²) in [7, 11) is 1.49. The van der Waals surface area contributed by atoms with Crippen LogP contribution in [0.3, 0.4) is 0 Å². The van der Waals surface area contributed by atoms with Crippen molar-refractivity contribution in [2.45, 2.75) is 13.1 Å². The molecule has 0 saturated heterocycles. The molecule has 138 valence electrons. The van der Waals surface area contributed by atoms with Gasteiger partial charge in [0.25, 0.3) is 5.91 Å². The lowest BCUT2D eigenvalue weighted by Crippen LogP contribution is -2.50. The predicted molar refractivity (Wildman–Crippen MR) is 104 cm³/mol. The molecule has 2 heterocycles. The number of hydrazone groups is 1. The molecule has 2 aliphatic heterocycles. The maximum Gasteiger partial charge on any atom is 0.276 e. The first-order valence-corrected chi connectivity index (χ1v) is 9.47. The van der Waals surface area contributed by atoms with E-state index in [1.165, 1.54) is 18.9 Å². The Hall–Kier alpha value is -3.00. The summed E-state index contributed by atoms with van der Waals surface area (Å²) in [5.74, 6) is 0.966. The number of amides is 1. The minimum absolute atomic E-state index is 0.0452. The van der Waals surface area contributed by atoms with Crippen molar-refractivity contribution in [3.63, 3.8) is 0 Å². The number of phenols is 1. The van der Waals surface area contributed by atoms with Gasteiger partial charge in [0.05, 0.1) is 12.5 Å². The quantitative estimate of drug-likeness (QED) is 0.836. The average Bonchev–Trinajstić information content (AvgIpc) is 2.68. The Bertz CT molecular complexity index is 1070. The Morgan fingerprint density at radius 2 is 2.11 bits per heavy atom. The molecular weight excluding hydrogens is 364 g/mol. The van der Waals surface area contributed by atoms with Gasteiger partial charge in [-0.15, -0.1) is 5.10 Å². The molecule has 8 heteroatoms. The molecule has 4 rings (SSSR count). The van der Waals surface area contributed by atoms with E-state index in [0.29, 0.717) is 16.6 Å². The number of carbonyl (C=O) groups excluding carboxylic acids is 1. The van der Waals surface area contributed by atoms with E-state index in [0.717, 1.165) is 21.9 Å².